The van der Waals surface area contributed by atoms with E-state index in [0.29, 0.717) is 74.5 Å². The first kappa shape index (κ1) is 22.2. The fourth-order valence-electron chi connectivity index (χ4n) is 7.37. The van der Waals surface area contributed by atoms with Crippen LogP contribution >= 0.6 is 0 Å². The topological polar surface area (TPSA) is 54.0 Å². The molecule has 0 saturated heterocycles. The molecule has 5 heteroatoms. The second-order valence-electron chi connectivity index (χ2n) is 10.2. The number of hydrogen-bond acceptors (Lipinski definition) is 5. The summed E-state index contributed by atoms with van der Waals surface area (Å²) in [4.78, 5) is 13.2. The predicted octanol–water partition coefficient (Wildman–Crippen LogP) is 4.23. The molecule has 8 atom stereocenters. The SMILES string of the molecule is C=C(COCOC)[C@@H]1CC[C@@H](C)[C@H]1C[C@@]1(COCOC)CC(=O)[C@H]2[C@@H]1[C@H]1C=C[C@@H]2C1. The summed E-state index contributed by atoms with van der Waals surface area (Å²) in [5.41, 5.74) is 1.09. The molecule has 0 amide bonds. The number of methoxy groups -OCH3 is 2. The van der Waals surface area contributed by atoms with Gasteiger partial charge in [-0.2, -0.15) is 0 Å². The summed E-state index contributed by atoms with van der Waals surface area (Å²) in [6, 6.07) is 0. The van der Waals surface area contributed by atoms with Gasteiger partial charge in [0.2, 0.25) is 0 Å². The third-order valence-electron chi connectivity index (χ3n) is 8.49. The maximum absolute atomic E-state index is 13.2. The number of ether oxygens (including phenoxy) is 4. The highest BCUT2D eigenvalue weighted by Crippen LogP contribution is 2.64. The van der Waals surface area contributed by atoms with Crippen LogP contribution in [-0.2, 0) is 23.7 Å². The van der Waals surface area contributed by atoms with Crippen molar-refractivity contribution in [1.82, 2.24) is 0 Å². The quantitative estimate of drug-likeness (QED) is 0.285. The summed E-state index contributed by atoms with van der Waals surface area (Å²) < 4.78 is 21.8. The van der Waals surface area contributed by atoms with E-state index in [1.54, 1.807) is 14.2 Å². The molecule has 30 heavy (non-hydrogen) atoms. The molecule has 4 aliphatic rings. The number of ketones is 1. The summed E-state index contributed by atoms with van der Waals surface area (Å²) in [6.45, 7) is 8.50. The van der Waals surface area contributed by atoms with E-state index in [0.717, 1.165) is 19.3 Å². The molecular weight excluding hydrogens is 380 g/mol. The lowest BCUT2D eigenvalue weighted by Crippen LogP contribution is -2.39. The van der Waals surface area contributed by atoms with Crippen molar-refractivity contribution in [3.8, 4) is 0 Å². The molecule has 0 unspecified atom stereocenters. The standard InChI is InChI=1S/C25H38O5/c1-16-5-8-20(17(2)12-29-14-27-3)21(16)10-25(13-30-15-28-4)11-22(26)23-18-6-7-19(9-18)24(23)25/h6-7,16,18-21,23-24H,2,5,8-15H2,1,3-4H3/t16-,18-,19+,20+,21-,23+,24+,25+/m1/s1. The summed E-state index contributed by atoms with van der Waals surface area (Å²) in [5, 5.41) is 0. The highest BCUT2D eigenvalue weighted by Gasteiger charge is 2.63. The van der Waals surface area contributed by atoms with Crippen LogP contribution in [0, 0.1) is 46.8 Å². The van der Waals surface area contributed by atoms with Crippen LogP contribution in [0.4, 0.5) is 0 Å². The van der Waals surface area contributed by atoms with Gasteiger partial charge in [0.25, 0.3) is 0 Å². The molecule has 3 saturated carbocycles. The Morgan fingerprint density at radius 2 is 1.87 bits per heavy atom. The van der Waals surface area contributed by atoms with Gasteiger partial charge in [0, 0.05) is 32.0 Å². The van der Waals surface area contributed by atoms with Gasteiger partial charge in [-0.05, 0) is 66.8 Å². The molecule has 2 bridgehead atoms. The fraction of sp³-hybridized carbons (Fsp3) is 0.800. The lowest BCUT2D eigenvalue weighted by atomic mass is 9.64. The Balaban J connectivity index is 1.55. The Hall–Kier alpha value is -1.01. The molecule has 0 aromatic heterocycles. The second-order valence-corrected chi connectivity index (χ2v) is 10.2. The van der Waals surface area contributed by atoms with Crippen LogP contribution in [0.5, 0.6) is 0 Å². The van der Waals surface area contributed by atoms with Crippen molar-refractivity contribution < 1.29 is 23.7 Å². The van der Waals surface area contributed by atoms with Crippen molar-refractivity contribution in [3.63, 3.8) is 0 Å². The van der Waals surface area contributed by atoms with Gasteiger partial charge in [-0.15, -0.1) is 0 Å². The highest BCUT2D eigenvalue weighted by molar-refractivity contribution is 5.86. The van der Waals surface area contributed by atoms with Crippen molar-refractivity contribution in [1.29, 1.82) is 0 Å². The van der Waals surface area contributed by atoms with Crippen LogP contribution in [0.1, 0.15) is 39.0 Å². The molecule has 0 aliphatic heterocycles. The average Bonchev–Trinajstić information content (AvgIpc) is 3.47. The van der Waals surface area contributed by atoms with Crippen molar-refractivity contribution >= 4 is 5.78 Å². The van der Waals surface area contributed by atoms with Gasteiger partial charge in [-0.1, -0.05) is 25.7 Å². The van der Waals surface area contributed by atoms with Crippen LogP contribution < -0.4 is 0 Å². The Morgan fingerprint density at radius 3 is 2.63 bits per heavy atom. The number of rotatable bonds is 11. The van der Waals surface area contributed by atoms with E-state index in [1.807, 2.05) is 0 Å². The van der Waals surface area contributed by atoms with Gasteiger partial charge in [-0.25, -0.2) is 0 Å². The first-order chi connectivity index (χ1) is 14.5. The molecule has 5 nitrogen and oxygen atoms in total. The molecule has 3 fully saturated rings. The largest absolute Gasteiger partial charge is 0.359 e. The van der Waals surface area contributed by atoms with Crippen molar-refractivity contribution in [3.05, 3.63) is 24.3 Å². The zero-order valence-corrected chi connectivity index (χ0v) is 18.8. The maximum atomic E-state index is 13.2. The van der Waals surface area contributed by atoms with Gasteiger partial charge in [0.1, 0.15) is 19.4 Å². The summed E-state index contributed by atoms with van der Waals surface area (Å²) in [6.07, 6.45) is 9.88. The van der Waals surface area contributed by atoms with Gasteiger partial charge >= 0.3 is 0 Å². The van der Waals surface area contributed by atoms with Crippen molar-refractivity contribution in [2.45, 2.75) is 39.0 Å². The van der Waals surface area contributed by atoms with Crippen LogP contribution in [-0.4, -0.2) is 46.8 Å². The summed E-state index contributed by atoms with van der Waals surface area (Å²) >= 11 is 0. The Labute approximate surface area is 181 Å². The van der Waals surface area contributed by atoms with Crippen LogP contribution in [0.15, 0.2) is 24.3 Å². The van der Waals surface area contributed by atoms with E-state index in [4.69, 9.17) is 18.9 Å². The lowest BCUT2D eigenvalue weighted by Gasteiger charge is -2.41. The van der Waals surface area contributed by atoms with Crippen molar-refractivity contribution in [2.75, 3.05) is 41.0 Å². The number of allylic oxidation sites excluding steroid dienone is 2. The zero-order chi connectivity index (χ0) is 21.3. The molecule has 4 aliphatic carbocycles. The monoisotopic (exact) mass is 418 g/mol. The van der Waals surface area contributed by atoms with Gasteiger partial charge in [0.05, 0.1) is 13.2 Å². The van der Waals surface area contributed by atoms with E-state index < -0.39 is 0 Å². The Kier molecular flexibility index (Phi) is 6.83. The zero-order valence-electron chi connectivity index (χ0n) is 18.8. The average molecular weight is 419 g/mol. The molecule has 0 radical (unpaired) electrons. The third-order valence-corrected chi connectivity index (χ3v) is 8.49. The molecule has 0 aromatic rings. The summed E-state index contributed by atoms with van der Waals surface area (Å²) in [5.74, 6) is 3.65. The number of Topliss-reactive ketones (excluding diaryl/α,β-unsaturated/α-hetero) is 1. The number of carbonyl (C=O) groups excluding carboxylic acids is 1. The highest BCUT2D eigenvalue weighted by atomic mass is 16.7. The van der Waals surface area contributed by atoms with Crippen LogP contribution in [0.2, 0.25) is 0 Å². The van der Waals surface area contributed by atoms with Gasteiger partial charge in [0.15, 0.2) is 0 Å². The minimum atomic E-state index is -0.0837. The molecule has 0 spiro atoms. The first-order valence-electron chi connectivity index (χ1n) is 11.5. The second kappa shape index (κ2) is 9.23. The predicted molar refractivity (Wildman–Crippen MR) is 115 cm³/mol. The molecular formula is C25H38O5. The van der Waals surface area contributed by atoms with E-state index in [2.05, 4.69) is 25.7 Å². The third kappa shape index (κ3) is 3.94. The van der Waals surface area contributed by atoms with E-state index in [1.165, 1.54) is 12.0 Å². The van der Waals surface area contributed by atoms with Crippen molar-refractivity contribution in [2.24, 2.45) is 46.8 Å². The minimum absolute atomic E-state index is 0.0837. The summed E-state index contributed by atoms with van der Waals surface area (Å²) in [7, 11) is 3.30. The van der Waals surface area contributed by atoms with E-state index in [9.17, 15) is 4.79 Å². The Morgan fingerprint density at radius 1 is 1.13 bits per heavy atom. The van der Waals surface area contributed by atoms with E-state index in [-0.39, 0.29) is 11.3 Å². The minimum Gasteiger partial charge on any atom is -0.359 e. The molecule has 0 N–H and O–H groups in total. The Bertz CT molecular complexity index is 672. The maximum Gasteiger partial charge on any atom is 0.146 e. The molecule has 4 rings (SSSR count). The normalized spacial score (nSPS) is 41.7. The first-order valence-corrected chi connectivity index (χ1v) is 11.5. The number of fused-ring (bicyclic) bond motifs is 5. The van der Waals surface area contributed by atoms with Gasteiger partial charge in [-0.3, -0.25) is 4.79 Å². The number of carbonyl (C=O) groups is 1. The molecule has 168 valence electrons. The molecule has 0 heterocycles. The van der Waals surface area contributed by atoms with Crippen LogP contribution in [0.25, 0.3) is 0 Å². The van der Waals surface area contributed by atoms with Crippen LogP contribution in [0.3, 0.4) is 0 Å². The smallest absolute Gasteiger partial charge is 0.146 e. The number of hydrogen-bond donors (Lipinski definition) is 0. The fourth-order valence-corrected chi connectivity index (χ4v) is 7.37. The van der Waals surface area contributed by atoms with Gasteiger partial charge < -0.3 is 18.9 Å². The lowest BCUT2D eigenvalue weighted by molar-refractivity contribution is -0.122. The molecule has 0 aromatic carbocycles. The van der Waals surface area contributed by atoms with E-state index >= 15 is 0 Å².